The summed E-state index contributed by atoms with van der Waals surface area (Å²) < 4.78 is 7.68. The minimum Gasteiger partial charge on any atom is -0.399 e. The average Bonchev–Trinajstić information content (AvgIpc) is 2.73. The molecule has 2 aromatic rings. The third kappa shape index (κ3) is 1.55. The summed E-state index contributed by atoms with van der Waals surface area (Å²) in [7, 11) is 0. The van der Waals surface area contributed by atoms with Crippen LogP contribution in [0.3, 0.4) is 0 Å². The van der Waals surface area contributed by atoms with Gasteiger partial charge in [0.25, 0.3) is 0 Å². The monoisotopic (exact) mass is 217 g/mol. The first-order valence-corrected chi connectivity index (χ1v) is 5.69. The molecule has 1 atom stereocenters. The molecule has 0 aliphatic carbocycles. The molecule has 0 spiro atoms. The van der Waals surface area contributed by atoms with Crippen molar-refractivity contribution in [3.05, 3.63) is 24.4 Å². The van der Waals surface area contributed by atoms with Gasteiger partial charge >= 0.3 is 0 Å². The molecule has 0 amide bonds. The van der Waals surface area contributed by atoms with Crippen LogP contribution < -0.4 is 5.73 Å². The molecule has 2 N–H and O–H groups in total. The van der Waals surface area contributed by atoms with Gasteiger partial charge in [0.1, 0.15) is 0 Å². The lowest BCUT2D eigenvalue weighted by Gasteiger charge is -2.23. The van der Waals surface area contributed by atoms with Crippen LogP contribution in [-0.2, 0) is 4.74 Å². The minimum atomic E-state index is 0.0769. The number of ether oxygens (including phenoxy) is 1. The molecule has 1 saturated heterocycles. The number of hydrogen-bond donors (Lipinski definition) is 1. The standard InChI is InChI=1S/C12H15N3O/c13-10-5-4-9-8-14-15(11(9)7-10)12-3-1-2-6-16-12/h4-5,7-8,12H,1-3,6,13H2/t12-/m0/s1. The predicted molar refractivity (Wildman–Crippen MR) is 63.0 cm³/mol. The number of nitrogens with zero attached hydrogens (tertiary/aromatic N) is 2. The summed E-state index contributed by atoms with van der Waals surface area (Å²) in [5.41, 5.74) is 7.63. The van der Waals surface area contributed by atoms with Crippen LogP contribution in [0.1, 0.15) is 25.5 Å². The van der Waals surface area contributed by atoms with Crippen molar-refractivity contribution in [2.75, 3.05) is 12.3 Å². The van der Waals surface area contributed by atoms with Crippen LogP contribution in [0.2, 0.25) is 0 Å². The predicted octanol–water partition coefficient (Wildman–Crippen LogP) is 2.32. The van der Waals surface area contributed by atoms with E-state index in [1.54, 1.807) is 0 Å². The number of benzene rings is 1. The molecule has 1 aliphatic heterocycles. The fraction of sp³-hybridized carbons (Fsp3) is 0.417. The molecule has 0 saturated carbocycles. The van der Waals surface area contributed by atoms with Crippen LogP contribution in [0.25, 0.3) is 10.9 Å². The summed E-state index contributed by atoms with van der Waals surface area (Å²) in [5, 5.41) is 5.51. The smallest absolute Gasteiger partial charge is 0.150 e. The molecule has 16 heavy (non-hydrogen) atoms. The zero-order valence-electron chi connectivity index (χ0n) is 9.10. The lowest BCUT2D eigenvalue weighted by atomic mass is 10.2. The summed E-state index contributed by atoms with van der Waals surface area (Å²) >= 11 is 0. The van der Waals surface area contributed by atoms with Crippen molar-refractivity contribution in [3.8, 4) is 0 Å². The lowest BCUT2D eigenvalue weighted by Crippen LogP contribution is -2.18. The quantitative estimate of drug-likeness (QED) is 0.746. The normalized spacial score (nSPS) is 21.4. The SMILES string of the molecule is Nc1ccc2cnn([C@@H]3CCCCO3)c2c1. The molecule has 4 nitrogen and oxygen atoms in total. The zero-order chi connectivity index (χ0) is 11.0. The third-order valence-electron chi connectivity index (χ3n) is 3.05. The topological polar surface area (TPSA) is 53.1 Å². The minimum absolute atomic E-state index is 0.0769. The van der Waals surface area contributed by atoms with E-state index in [-0.39, 0.29) is 6.23 Å². The first-order chi connectivity index (χ1) is 7.84. The van der Waals surface area contributed by atoms with Crippen LogP contribution in [0.15, 0.2) is 24.4 Å². The first kappa shape index (κ1) is 9.66. The number of aromatic nitrogens is 2. The summed E-state index contributed by atoms with van der Waals surface area (Å²) in [6.45, 7) is 0.828. The highest BCUT2D eigenvalue weighted by Gasteiger charge is 2.18. The second-order valence-corrected chi connectivity index (χ2v) is 4.23. The van der Waals surface area contributed by atoms with Crippen molar-refractivity contribution < 1.29 is 4.74 Å². The number of nitrogens with two attached hydrogens (primary N) is 1. The van der Waals surface area contributed by atoms with Crippen LogP contribution in [0.5, 0.6) is 0 Å². The fourth-order valence-corrected chi connectivity index (χ4v) is 2.20. The van der Waals surface area contributed by atoms with Crippen molar-refractivity contribution in [1.82, 2.24) is 9.78 Å². The Morgan fingerprint density at radius 2 is 2.31 bits per heavy atom. The average molecular weight is 217 g/mol. The maximum atomic E-state index is 5.80. The van der Waals surface area contributed by atoms with Gasteiger partial charge in [0.2, 0.25) is 0 Å². The second-order valence-electron chi connectivity index (χ2n) is 4.23. The Balaban J connectivity index is 2.05. The highest BCUT2D eigenvalue weighted by Crippen LogP contribution is 2.26. The number of nitrogen functional groups attached to an aromatic ring is 1. The van der Waals surface area contributed by atoms with Crippen LogP contribution >= 0.6 is 0 Å². The van der Waals surface area contributed by atoms with Gasteiger partial charge in [0, 0.05) is 17.7 Å². The highest BCUT2D eigenvalue weighted by molar-refractivity contribution is 5.81. The van der Waals surface area contributed by atoms with Crippen LogP contribution in [0.4, 0.5) is 5.69 Å². The van der Waals surface area contributed by atoms with Crippen molar-refractivity contribution >= 4 is 16.6 Å². The maximum Gasteiger partial charge on any atom is 0.150 e. The van der Waals surface area contributed by atoms with E-state index in [0.717, 1.165) is 36.0 Å². The summed E-state index contributed by atoms with van der Waals surface area (Å²) in [4.78, 5) is 0. The van der Waals surface area contributed by atoms with Gasteiger partial charge in [-0.05, 0) is 37.5 Å². The number of rotatable bonds is 1. The fourth-order valence-electron chi connectivity index (χ4n) is 2.20. The summed E-state index contributed by atoms with van der Waals surface area (Å²) in [6, 6.07) is 5.85. The largest absolute Gasteiger partial charge is 0.399 e. The van der Waals surface area contributed by atoms with Gasteiger partial charge < -0.3 is 10.5 Å². The molecular formula is C12H15N3O. The van der Waals surface area contributed by atoms with E-state index in [0.29, 0.717) is 0 Å². The highest BCUT2D eigenvalue weighted by atomic mass is 16.5. The Kier molecular flexibility index (Phi) is 2.29. The van der Waals surface area contributed by atoms with Crippen LogP contribution in [-0.4, -0.2) is 16.4 Å². The molecule has 0 bridgehead atoms. The van der Waals surface area contributed by atoms with E-state index in [4.69, 9.17) is 10.5 Å². The molecule has 4 heteroatoms. The van der Waals surface area contributed by atoms with E-state index in [2.05, 4.69) is 5.10 Å². The molecule has 1 fully saturated rings. The van der Waals surface area contributed by atoms with Gasteiger partial charge in [-0.3, -0.25) is 0 Å². The Labute approximate surface area is 94.0 Å². The van der Waals surface area contributed by atoms with Crippen LogP contribution in [0, 0.1) is 0 Å². The molecule has 3 rings (SSSR count). The molecule has 0 unspecified atom stereocenters. The van der Waals surface area contributed by atoms with E-state index in [1.165, 1.54) is 6.42 Å². The van der Waals surface area contributed by atoms with Gasteiger partial charge in [0.15, 0.2) is 6.23 Å². The Bertz CT molecular complexity index is 500. The molecular weight excluding hydrogens is 202 g/mol. The van der Waals surface area contributed by atoms with E-state index in [1.807, 2.05) is 29.1 Å². The van der Waals surface area contributed by atoms with Gasteiger partial charge in [-0.1, -0.05) is 0 Å². The number of fused-ring (bicyclic) bond motifs is 1. The van der Waals surface area contributed by atoms with Gasteiger partial charge in [-0.25, -0.2) is 4.68 Å². The van der Waals surface area contributed by atoms with Crippen molar-refractivity contribution in [2.24, 2.45) is 0 Å². The van der Waals surface area contributed by atoms with E-state index >= 15 is 0 Å². The number of anilines is 1. The second kappa shape index (κ2) is 3.79. The third-order valence-corrected chi connectivity index (χ3v) is 3.05. The molecule has 1 aromatic heterocycles. The summed E-state index contributed by atoms with van der Waals surface area (Å²) in [6.07, 6.45) is 5.33. The lowest BCUT2D eigenvalue weighted by molar-refractivity contribution is -0.0366. The molecule has 1 aliphatic rings. The first-order valence-electron chi connectivity index (χ1n) is 5.69. The van der Waals surface area contributed by atoms with Crippen molar-refractivity contribution in [2.45, 2.75) is 25.5 Å². The zero-order valence-corrected chi connectivity index (χ0v) is 9.10. The molecule has 1 aromatic carbocycles. The Morgan fingerprint density at radius 1 is 1.38 bits per heavy atom. The van der Waals surface area contributed by atoms with E-state index in [9.17, 15) is 0 Å². The van der Waals surface area contributed by atoms with Gasteiger partial charge in [-0.15, -0.1) is 0 Å². The van der Waals surface area contributed by atoms with Gasteiger partial charge in [-0.2, -0.15) is 5.10 Å². The molecule has 2 heterocycles. The van der Waals surface area contributed by atoms with E-state index < -0.39 is 0 Å². The molecule has 84 valence electrons. The molecule has 0 radical (unpaired) electrons. The van der Waals surface area contributed by atoms with Gasteiger partial charge in [0.05, 0.1) is 11.7 Å². The Morgan fingerprint density at radius 3 is 3.12 bits per heavy atom. The Hall–Kier alpha value is -1.55. The maximum absolute atomic E-state index is 5.80. The summed E-state index contributed by atoms with van der Waals surface area (Å²) in [5.74, 6) is 0. The number of hydrogen-bond acceptors (Lipinski definition) is 3. The van der Waals surface area contributed by atoms with Crippen molar-refractivity contribution in [3.63, 3.8) is 0 Å². The van der Waals surface area contributed by atoms with Crippen molar-refractivity contribution in [1.29, 1.82) is 0 Å².